The van der Waals surface area contributed by atoms with Gasteiger partial charge in [0, 0.05) is 16.6 Å². The van der Waals surface area contributed by atoms with Gasteiger partial charge >= 0.3 is 5.97 Å². The zero-order chi connectivity index (χ0) is 15.1. The second-order valence-corrected chi connectivity index (χ2v) is 5.07. The van der Waals surface area contributed by atoms with Crippen molar-refractivity contribution in [2.45, 2.75) is 19.8 Å². The van der Waals surface area contributed by atoms with Crippen LogP contribution in [0.1, 0.15) is 19.8 Å². The number of hydrogen-bond acceptors (Lipinski definition) is 3. The van der Waals surface area contributed by atoms with Gasteiger partial charge in [0.1, 0.15) is 6.54 Å². The zero-order valence-corrected chi connectivity index (χ0v) is 12.1. The van der Waals surface area contributed by atoms with Gasteiger partial charge in [-0.25, -0.2) is 0 Å². The lowest BCUT2D eigenvalue weighted by molar-refractivity contribution is -0.137. The Bertz CT molecular complexity index is 479. The molecule has 1 atom stereocenters. The third-order valence-electron chi connectivity index (χ3n) is 2.94. The zero-order valence-electron chi connectivity index (χ0n) is 11.4. The van der Waals surface area contributed by atoms with Gasteiger partial charge in [-0.1, -0.05) is 24.6 Å². The Labute approximate surface area is 123 Å². The van der Waals surface area contributed by atoms with Crippen LogP contribution < -0.4 is 10.6 Å². The number of rotatable bonds is 7. The maximum Gasteiger partial charge on any atom is 0.323 e. The van der Waals surface area contributed by atoms with Crippen molar-refractivity contribution < 1.29 is 14.7 Å². The van der Waals surface area contributed by atoms with Crippen LogP contribution in [-0.4, -0.2) is 30.1 Å². The quantitative estimate of drug-likeness (QED) is 0.808. The molecule has 0 saturated carbocycles. The van der Waals surface area contributed by atoms with Gasteiger partial charge in [-0.2, -0.15) is 0 Å². The first kappa shape index (κ1) is 16.5. The second kappa shape index (κ2) is 7.87. The normalized spacial score (nSPS) is 11.9. The molecule has 0 aliphatic rings. The number of carbonyl (C=O) groups excluding carboxylic acids is 1. The van der Waals surface area contributed by atoms with Gasteiger partial charge < -0.3 is 15.7 Å². The summed E-state index contributed by atoms with van der Waals surface area (Å²) in [5.41, 5.74) is 5.92. The molecule has 1 aromatic carbocycles. The maximum atomic E-state index is 12.4. The molecule has 5 nitrogen and oxygen atoms in total. The van der Waals surface area contributed by atoms with E-state index in [0.717, 1.165) is 6.42 Å². The van der Waals surface area contributed by atoms with E-state index in [4.69, 9.17) is 22.4 Å². The van der Waals surface area contributed by atoms with Crippen LogP contribution in [0.2, 0.25) is 5.02 Å². The summed E-state index contributed by atoms with van der Waals surface area (Å²) in [5, 5.41) is 9.43. The number of carboxylic acids is 1. The summed E-state index contributed by atoms with van der Waals surface area (Å²) in [6, 6.07) is 6.61. The molecule has 1 rings (SSSR count). The summed E-state index contributed by atoms with van der Waals surface area (Å²) in [6.45, 7) is 1.90. The molecule has 0 aliphatic heterocycles. The lowest BCUT2D eigenvalue weighted by Gasteiger charge is -2.24. The highest BCUT2D eigenvalue weighted by Crippen LogP contribution is 2.22. The number of hydrogen-bond donors (Lipinski definition) is 2. The van der Waals surface area contributed by atoms with E-state index in [1.54, 1.807) is 31.2 Å². The molecule has 3 N–H and O–H groups in total. The van der Waals surface area contributed by atoms with E-state index in [9.17, 15) is 9.59 Å². The van der Waals surface area contributed by atoms with Gasteiger partial charge in [-0.3, -0.25) is 9.59 Å². The Hall–Kier alpha value is -1.59. The van der Waals surface area contributed by atoms with E-state index in [-0.39, 0.29) is 18.4 Å². The first-order valence-electron chi connectivity index (χ1n) is 6.44. The van der Waals surface area contributed by atoms with Crippen molar-refractivity contribution in [2.24, 2.45) is 11.7 Å². The van der Waals surface area contributed by atoms with Gasteiger partial charge in [0.2, 0.25) is 5.91 Å². The minimum absolute atomic E-state index is 0.233. The summed E-state index contributed by atoms with van der Waals surface area (Å²) >= 11 is 5.89. The van der Waals surface area contributed by atoms with Crippen LogP contribution in [0.15, 0.2) is 24.3 Å². The Kier molecular flexibility index (Phi) is 6.48. The maximum absolute atomic E-state index is 12.4. The molecule has 1 unspecified atom stereocenters. The number of nitrogens with two attached hydrogens (primary N) is 1. The lowest BCUT2D eigenvalue weighted by atomic mass is 10.0. The molecular weight excluding hydrogens is 280 g/mol. The molecule has 1 aromatic rings. The Morgan fingerprint density at radius 1 is 1.45 bits per heavy atom. The molecule has 0 bridgehead atoms. The SMILES string of the molecule is CC(CCCN)C(=O)N(CC(=O)O)c1cccc(Cl)c1. The van der Waals surface area contributed by atoms with Crippen molar-refractivity contribution in [3.05, 3.63) is 29.3 Å². The minimum atomic E-state index is -1.07. The molecule has 0 radical (unpaired) electrons. The molecule has 0 saturated heterocycles. The number of nitrogens with zero attached hydrogens (tertiary/aromatic N) is 1. The van der Waals surface area contributed by atoms with Crippen LogP contribution >= 0.6 is 11.6 Å². The topological polar surface area (TPSA) is 83.6 Å². The van der Waals surface area contributed by atoms with Crippen LogP contribution in [0.25, 0.3) is 0 Å². The summed E-state index contributed by atoms with van der Waals surface area (Å²) in [7, 11) is 0. The van der Waals surface area contributed by atoms with Crippen LogP contribution in [0.3, 0.4) is 0 Å². The molecule has 0 aromatic heterocycles. The van der Waals surface area contributed by atoms with Crippen LogP contribution in [0.5, 0.6) is 0 Å². The number of amides is 1. The van der Waals surface area contributed by atoms with E-state index in [2.05, 4.69) is 0 Å². The molecule has 0 aliphatic carbocycles. The molecule has 0 spiro atoms. The van der Waals surface area contributed by atoms with Crippen molar-refractivity contribution >= 4 is 29.2 Å². The highest BCUT2D eigenvalue weighted by Gasteiger charge is 2.23. The van der Waals surface area contributed by atoms with Crippen molar-refractivity contribution in [1.82, 2.24) is 0 Å². The molecule has 20 heavy (non-hydrogen) atoms. The van der Waals surface area contributed by atoms with E-state index >= 15 is 0 Å². The number of carbonyl (C=O) groups is 2. The molecule has 6 heteroatoms. The smallest absolute Gasteiger partial charge is 0.323 e. The van der Waals surface area contributed by atoms with Crippen molar-refractivity contribution in [1.29, 1.82) is 0 Å². The highest BCUT2D eigenvalue weighted by molar-refractivity contribution is 6.30. The van der Waals surface area contributed by atoms with Crippen LogP contribution in [0, 0.1) is 5.92 Å². The summed E-state index contributed by atoms with van der Waals surface area (Å²) in [6.07, 6.45) is 1.36. The first-order valence-corrected chi connectivity index (χ1v) is 6.82. The van der Waals surface area contributed by atoms with Crippen molar-refractivity contribution in [3.63, 3.8) is 0 Å². The summed E-state index contributed by atoms with van der Waals surface area (Å²) in [4.78, 5) is 24.6. The van der Waals surface area contributed by atoms with Gasteiger partial charge in [0.05, 0.1) is 0 Å². The van der Waals surface area contributed by atoms with E-state index in [0.29, 0.717) is 23.7 Å². The molecule has 0 fully saturated rings. The third kappa shape index (κ3) is 4.83. The number of benzene rings is 1. The van der Waals surface area contributed by atoms with Crippen molar-refractivity contribution in [2.75, 3.05) is 18.0 Å². The van der Waals surface area contributed by atoms with E-state index in [1.807, 2.05) is 0 Å². The van der Waals surface area contributed by atoms with Gasteiger partial charge in [0.15, 0.2) is 0 Å². The van der Waals surface area contributed by atoms with Crippen LogP contribution in [0.4, 0.5) is 5.69 Å². The molecule has 110 valence electrons. The second-order valence-electron chi connectivity index (χ2n) is 4.63. The standard InChI is InChI=1S/C14H19ClN2O3/c1-10(4-3-7-16)14(20)17(9-13(18)19)12-6-2-5-11(15)8-12/h2,5-6,8,10H,3-4,7,9,16H2,1H3,(H,18,19). The molecular formula is C14H19ClN2O3. The van der Waals surface area contributed by atoms with Gasteiger partial charge in [0.25, 0.3) is 0 Å². The number of anilines is 1. The monoisotopic (exact) mass is 298 g/mol. The summed E-state index contributed by atoms with van der Waals surface area (Å²) < 4.78 is 0. The minimum Gasteiger partial charge on any atom is -0.480 e. The number of halogens is 1. The average molecular weight is 299 g/mol. The lowest BCUT2D eigenvalue weighted by Crippen LogP contribution is -2.39. The Balaban J connectivity index is 2.94. The predicted octanol–water partition coefficient (Wildman–Crippen LogP) is 2.13. The first-order chi connectivity index (χ1) is 9.45. The molecule has 1 amide bonds. The Morgan fingerprint density at radius 2 is 2.15 bits per heavy atom. The largest absolute Gasteiger partial charge is 0.480 e. The van der Waals surface area contributed by atoms with Crippen LogP contribution in [-0.2, 0) is 9.59 Å². The predicted molar refractivity (Wildman–Crippen MR) is 78.9 cm³/mol. The fourth-order valence-corrected chi connectivity index (χ4v) is 2.07. The average Bonchev–Trinajstić information content (AvgIpc) is 2.41. The van der Waals surface area contributed by atoms with Crippen molar-refractivity contribution in [3.8, 4) is 0 Å². The fraction of sp³-hybridized carbons (Fsp3) is 0.429. The van der Waals surface area contributed by atoms with E-state index in [1.165, 1.54) is 4.90 Å². The number of aliphatic carboxylic acids is 1. The van der Waals surface area contributed by atoms with E-state index < -0.39 is 5.97 Å². The highest BCUT2D eigenvalue weighted by atomic mass is 35.5. The van der Waals surface area contributed by atoms with Gasteiger partial charge in [-0.15, -0.1) is 0 Å². The fourth-order valence-electron chi connectivity index (χ4n) is 1.89. The summed E-state index contributed by atoms with van der Waals surface area (Å²) in [5.74, 6) is -1.58. The Morgan fingerprint density at radius 3 is 2.70 bits per heavy atom. The van der Waals surface area contributed by atoms with Gasteiger partial charge in [-0.05, 0) is 37.6 Å². The molecule has 0 heterocycles. The number of carboxylic acid groups (broad SMARTS) is 1. The third-order valence-corrected chi connectivity index (χ3v) is 3.18.